The molecule has 0 bridgehead atoms. The number of methoxy groups -OCH3 is 1. The van der Waals surface area contributed by atoms with Crippen LogP contribution in [0.3, 0.4) is 0 Å². The van der Waals surface area contributed by atoms with Crippen molar-refractivity contribution in [2.45, 2.75) is 4.21 Å². The third-order valence-corrected chi connectivity index (χ3v) is 8.05. The molecule has 0 aliphatic heterocycles. The predicted molar refractivity (Wildman–Crippen MR) is 137 cm³/mol. The number of anilines is 2. The number of nitrogens with zero attached hydrogens (tertiary/aromatic N) is 3. The first-order chi connectivity index (χ1) is 16.9. The summed E-state index contributed by atoms with van der Waals surface area (Å²) in [7, 11) is -2.41. The molecular formula is C24H19N5O4S2. The minimum absolute atomic E-state index is 0.0813. The van der Waals surface area contributed by atoms with E-state index in [1.54, 1.807) is 54.0 Å². The number of pyridine rings is 1. The zero-order valence-corrected chi connectivity index (χ0v) is 20.0. The molecule has 0 spiro atoms. The third kappa shape index (κ3) is 4.22. The number of hydrogen-bond donors (Lipinski definition) is 2. The third-order valence-electron chi connectivity index (χ3n) is 5.29. The second-order valence-corrected chi connectivity index (χ2v) is 10.4. The Hall–Kier alpha value is -4.22. The van der Waals surface area contributed by atoms with Gasteiger partial charge < -0.3 is 10.5 Å². The first-order valence-electron chi connectivity index (χ1n) is 10.4. The molecule has 0 atom stereocenters. The number of nitrogens with one attached hydrogen (secondary N) is 1. The SMILES string of the molecule is COc1ncc(-c2ccc3nc(N)n(-c4ccccc4)c(=O)c3c2)cc1NS(=O)(=O)c1cccs1. The summed E-state index contributed by atoms with van der Waals surface area (Å²) in [5.74, 6) is 0.202. The van der Waals surface area contributed by atoms with Gasteiger partial charge in [-0.05, 0) is 47.3 Å². The quantitative estimate of drug-likeness (QED) is 0.358. The summed E-state index contributed by atoms with van der Waals surface area (Å²) in [6.07, 6.45) is 1.55. The molecule has 3 aromatic heterocycles. The highest BCUT2D eigenvalue weighted by molar-refractivity contribution is 7.94. The Morgan fingerprint density at radius 1 is 1.03 bits per heavy atom. The Bertz CT molecular complexity index is 1700. The summed E-state index contributed by atoms with van der Waals surface area (Å²) in [6, 6.07) is 18.9. The van der Waals surface area contributed by atoms with Gasteiger partial charge in [-0.1, -0.05) is 30.3 Å². The second-order valence-electron chi connectivity index (χ2n) is 7.50. The molecule has 176 valence electrons. The van der Waals surface area contributed by atoms with Crippen molar-refractivity contribution in [3.05, 3.63) is 88.7 Å². The fourth-order valence-corrected chi connectivity index (χ4v) is 5.71. The molecule has 0 radical (unpaired) electrons. The van der Waals surface area contributed by atoms with Gasteiger partial charge in [0.25, 0.3) is 15.6 Å². The maximum atomic E-state index is 13.3. The number of fused-ring (bicyclic) bond motifs is 1. The lowest BCUT2D eigenvalue weighted by Crippen LogP contribution is -2.23. The van der Waals surface area contributed by atoms with E-state index in [0.29, 0.717) is 27.7 Å². The van der Waals surface area contributed by atoms with Gasteiger partial charge in [0.15, 0.2) is 0 Å². The fourth-order valence-electron chi connectivity index (χ4n) is 3.67. The second kappa shape index (κ2) is 8.85. The van der Waals surface area contributed by atoms with Gasteiger partial charge in [-0.3, -0.25) is 9.52 Å². The zero-order valence-electron chi connectivity index (χ0n) is 18.4. The number of nitrogen functional groups attached to an aromatic ring is 1. The minimum Gasteiger partial charge on any atom is -0.480 e. The normalized spacial score (nSPS) is 11.5. The molecule has 5 aromatic rings. The van der Waals surface area contributed by atoms with Gasteiger partial charge in [-0.2, -0.15) is 0 Å². The van der Waals surface area contributed by atoms with Crippen molar-refractivity contribution in [2.75, 3.05) is 17.6 Å². The standard InChI is InChI=1S/C24H19N5O4S2/c1-33-22-20(28-35(31,32)21-8-5-11-34-21)13-16(14-26-22)15-9-10-19-18(12-15)23(30)29(24(25)27-19)17-6-3-2-4-7-17/h2-14,28H,1H3,(H2,25,27). The molecule has 35 heavy (non-hydrogen) atoms. The molecular weight excluding hydrogens is 486 g/mol. The molecule has 11 heteroatoms. The van der Waals surface area contributed by atoms with E-state index in [1.807, 2.05) is 18.2 Å². The van der Waals surface area contributed by atoms with Crippen molar-refractivity contribution < 1.29 is 13.2 Å². The number of thiophene rings is 1. The van der Waals surface area contributed by atoms with Gasteiger partial charge in [0.2, 0.25) is 11.8 Å². The van der Waals surface area contributed by atoms with Crippen LogP contribution >= 0.6 is 11.3 Å². The van der Waals surface area contributed by atoms with Crippen molar-refractivity contribution in [2.24, 2.45) is 0 Å². The average molecular weight is 506 g/mol. The van der Waals surface area contributed by atoms with Crippen LogP contribution in [0.15, 0.2) is 87.3 Å². The maximum Gasteiger partial charge on any atom is 0.271 e. The Labute approximate surface area is 204 Å². The van der Waals surface area contributed by atoms with E-state index in [1.165, 1.54) is 17.7 Å². The molecule has 3 N–H and O–H groups in total. The first kappa shape index (κ1) is 22.6. The average Bonchev–Trinajstić information content (AvgIpc) is 3.41. The number of nitrogens with two attached hydrogens (primary N) is 1. The van der Waals surface area contributed by atoms with Crippen LogP contribution < -0.4 is 20.8 Å². The molecule has 5 rings (SSSR count). The van der Waals surface area contributed by atoms with Crippen molar-refractivity contribution in [1.82, 2.24) is 14.5 Å². The highest BCUT2D eigenvalue weighted by atomic mass is 32.2. The van der Waals surface area contributed by atoms with Crippen LogP contribution in [0.1, 0.15) is 0 Å². The number of rotatable bonds is 6. The Kier molecular flexibility index (Phi) is 5.71. The molecule has 0 saturated carbocycles. The van der Waals surface area contributed by atoms with Crippen molar-refractivity contribution in [3.8, 4) is 22.7 Å². The highest BCUT2D eigenvalue weighted by Gasteiger charge is 2.19. The molecule has 0 unspecified atom stereocenters. The largest absolute Gasteiger partial charge is 0.480 e. The van der Waals surface area contributed by atoms with Gasteiger partial charge >= 0.3 is 0 Å². The van der Waals surface area contributed by atoms with Crippen molar-refractivity contribution >= 4 is 43.9 Å². The molecule has 2 aromatic carbocycles. The fraction of sp³-hybridized carbons (Fsp3) is 0.0417. The molecule has 9 nitrogen and oxygen atoms in total. The van der Waals surface area contributed by atoms with E-state index in [0.717, 1.165) is 11.3 Å². The summed E-state index contributed by atoms with van der Waals surface area (Å²) in [5.41, 5.74) is 8.22. The van der Waals surface area contributed by atoms with Gasteiger partial charge in [-0.15, -0.1) is 11.3 Å². The van der Waals surface area contributed by atoms with Gasteiger partial charge in [-0.25, -0.2) is 23.0 Å². The summed E-state index contributed by atoms with van der Waals surface area (Å²) in [5, 5.41) is 2.04. The number of ether oxygens (including phenoxy) is 1. The highest BCUT2D eigenvalue weighted by Crippen LogP contribution is 2.31. The molecule has 0 saturated heterocycles. The predicted octanol–water partition coefficient (Wildman–Crippen LogP) is 3.90. The summed E-state index contributed by atoms with van der Waals surface area (Å²) < 4.78 is 34.8. The van der Waals surface area contributed by atoms with E-state index in [2.05, 4.69) is 14.7 Å². The van der Waals surface area contributed by atoms with E-state index < -0.39 is 10.0 Å². The van der Waals surface area contributed by atoms with Crippen LogP contribution in [-0.4, -0.2) is 30.1 Å². The van der Waals surface area contributed by atoms with Crippen LogP contribution in [0.5, 0.6) is 5.88 Å². The van der Waals surface area contributed by atoms with E-state index in [4.69, 9.17) is 10.5 Å². The van der Waals surface area contributed by atoms with Crippen LogP contribution in [0.4, 0.5) is 11.6 Å². The number of hydrogen-bond acceptors (Lipinski definition) is 8. The smallest absolute Gasteiger partial charge is 0.271 e. The van der Waals surface area contributed by atoms with Gasteiger partial charge in [0, 0.05) is 11.8 Å². The van der Waals surface area contributed by atoms with Crippen molar-refractivity contribution in [1.29, 1.82) is 0 Å². The van der Waals surface area contributed by atoms with E-state index >= 15 is 0 Å². The minimum atomic E-state index is -3.81. The van der Waals surface area contributed by atoms with Crippen LogP contribution in [0.2, 0.25) is 0 Å². The number of benzene rings is 2. The molecule has 0 aliphatic rings. The lowest BCUT2D eigenvalue weighted by Gasteiger charge is -2.13. The number of sulfonamides is 1. The van der Waals surface area contributed by atoms with Gasteiger partial charge in [0.05, 0.1) is 23.7 Å². The molecule has 0 fully saturated rings. The zero-order chi connectivity index (χ0) is 24.6. The Balaban J connectivity index is 1.61. The topological polar surface area (TPSA) is 129 Å². The lowest BCUT2D eigenvalue weighted by atomic mass is 10.0. The van der Waals surface area contributed by atoms with E-state index in [9.17, 15) is 13.2 Å². The summed E-state index contributed by atoms with van der Waals surface area (Å²) in [6.45, 7) is 0. The van der Waals surface area contributed by atoms with Crippen LogP contribution in [0.25, 0.3) is 27.7 Å². The Morgan fingerprint density at radius 2 is 1.83 bits per heavy atom. The summed E-state index contributed by atoms with van der Waals surface area (Å²) in [4.78, 5) is 22.0. The summed E-state index contributed by atoms with van der Waals surface area (Å²) >= 11 is 1.10. The monoisotopic (exact) mass is 505 g/mol. The molecule has 0 amide bonds. The first-order valence-corrected chi connectivity index (χ1v) is 12.7. The number of para-hydroxylation sites is 1. The van der Waals surface area contributed by atoms with Crippen molar-refractivity contribution in [3.63, 3.8) is 0 Å². The molecule has 3 heterocycles. The number of aromatic nitrogens is 3. The van der Waals surface area contributed by atoms with Crippen LogP contribution in [0, 0.1) is 0 Å². The lowest BCUT2D eigenvalue weighted by molar-refractivity contribution is 0.400. The van der Waals surface area contributed by atoms with E-state index in [-0.39, 0.29) is 27.3 Å². The van der Waals surface area contributed by atoms with Gasteiger partial charge in [0.1, 0.15) is 9.90 Å². The van der Waals surface area contributed by atoms with Crippen LogP contribution in [-0.2, 0) is 10.0 Å². The maximum absolute atomic E-state index is 13.3. The Morgan fingerprint density at radius 3 is 2.54 bits per heavy atom. The molecule has 0 aliphatic carbocycles.